The van der Waals surface area contributed by atoms with Crippen molar-refractivity contribution in [3.63, 3.8) is 0 Å². The highest BCUT2D eigenvalue weighted by Gasteiger charge is 2.04. The SMILES string of the molecule is CC(=O)Nc1cc(C)ccc1N=C(N)N=C(N)N. The molecule has 0 bridgehead atoms. The van der Waals surface area contributed by atoms with Crippen LogP contribution in [0.2, 0.25) is 0 Å². The molecular weight excluding hydrogens is 232 g/mol. The van der Waals surface area contributed by atoms with E-state index in [4.69, 9.17) is 17.2 Å². The Morgan fingerprint density at radius 1 is 1.28 bits per heavy atom. The van der Waals surface area contributed by atoms with Crippen LogP contribution in [0.5, 0.6) is 0 Å². The highest BCUT2D eigenvalue weighted by molar-refractivity contribution is 5.96. The van der Waals surface area contributed by atoms with Gasteiger partial charge in [0.15, 0.2) is 5.96 Å². The van der Waals surface area contributed by atoms with Crippen molar-refractivity contribution < 1.29 is 4.79 Å². The predicted octanol–water partition coefficient (Wildman–Crippen LogP) is 0.173. The van der Waals surface area contributed by atoms with Crippen LogP contribution >= 0.6 is 0 Å². The average molecular weight is 248 g/mol. The number of benzene rings is 1. The van der Waals surface area contributed by atoms with Gasteiger partial charge in [0.2, 0.25) is 11.9 Å². The lowest BCUT2D eigenvalue weighted by molar-refractivity contribution is -0.114. The van der Waals surface area contributed by atoms with Gasteiger partial charge in [-0.2, -0.15) is 4.99 Å². The van der Waals surface area contributed by atoms with E-state index in [1.54, 1.807) is 12.1 Å². The van der Waals surface area contributed by atoms with Crippen LogP contribution in [0, 0.1) is 6.92 Å². The first-order valence-electron chi connectivity index (χ1n) is 5.20. The normalized spacial score (nSPS) is 10.9. The predicted molar refractivity (Wildman–Crippen MR) is 72.6 cm³/mol. The molecule has 0 heterocycles. The summed E-state index contributed by atoms with van der Waals surface area (Å²) in [7, 11) is 0. The lowest BCUT2D eigenvalue weighted by atomic mass is 10.2. The number of hydrogen-bond acceptors (Lipinski definition) is 2. The van der Waals surface area contributed by atoms with Crippen LogP contribution in [0.25, 0.3) is 0 Å². The molecular formula is C11H16N6O. The van der Waals surface area contributed by atoms with Gasteiger partial charge in [0.25, 0.3) is 0 Å². The molecule has 1 rings (SSSR count). The number of nitrogens with one attached hydrogen (secondary N) is 1. The van der Waals surface area contributed by atoms with Crippen LogP contribution < -0.4 is 22.5 Å². The van der Waals surface area contributed by atoms with Gasteiger partial charge in [-0.3, -0.25) is 4.79 Å². The van der Waals surface area contributed by atoms with Gasteiger partial charge in [0.05, 0.1) is 11.4 Å². The van der Waals surface area contributed by atoms with Crippen LogP contribution in [0.15, 0.2) is 28.2 Å². The molecule has 0 atom stereocenters. The third-order valence-corrected chi connectivity index (χ3v) is 1.94. The summed E-state index contributed by atoms with van der Waals surface area (Å²) in [5.74, 6) is -0.452. The van der Waals surface area contributed by atoms with Gasteiger partial charge >= 0.3 is 0 Å². The van der Waals surface area contributed by atoms with Crippen molar-refractivity contribution in [3.8, 4) is 0 Å². The van der Waals surface area contributed by atoms with Gasteiger partial charge in [0, 0.05) is 6.92 Å². The van der Waals surface area contributed by atoms with Crippen LogP contribution in [0.1, 0.15) is 12.5 Å². The fraction of sp³-hybridized carbons (Fsp3) is 0.182. The minimum absolute atomic E-state index is 0.0783. The maximum atomic E-state index is 11.1. The number of nitrogens with two attached hydrogens (primary N) is 3. The summed E-state index contributed by atoms with van der Waals surface area (Å²) in [6, 6.07) is 5.34. The van der Waals surface area contributed by atoms with Crippen molar-refractivity contribution in [2.45, 2.75) is 13.8 Å². The molecule has 0 fully saturated rings. The number of aryl methyl sites for hydroxylation is 1. The summed E-state index contributed by atoms with van der Waals surface area (Å²) >= 11 is 0. The van der Waals surface area contributed by atoms with Crippen molar-refractivity contribution in [2.24, 2.45) is 27.2 Å². The second-order valence-electron chi connectivity index (χ2n) is 3.71. The standard InChI is InChI=1S/C11H16N6O/c1-6-3-4-8(9(5-6)15-7(2)18)16-11(14)17-10(12)13/h3-5H,1-2H3,(H,15,18)(H6,12,13,14,16,17). The summed E-state index contributed by atoms with van der Waals surface area (Å²) in [6.07, 6.45) is 0. The molecule has 1 amide bonds. The number of rotatable bonds is 2. The molecule has 0 aliphatic rings. The molecule has 1 aromatic rings. The molecule has 7 N–H and O–H groups in total. The second-order valence-corrected chi connectivity index (χ2v) is 3.71. The number of carbonyl (C=O) groups excluding carboxylic acids is 1. The molecule has 0 radical (unpaired) electrons. The van der Waals surface area contributed by atoms with Crippen molar-refractivity contribution in [1.29, 1.82) is 0 Å². The van der Waals surface area contributed by atoms with Crippen LogP contribution in [0.4, 0.5) is 11.4 Å². The zero-order valence-electron chi connectivity index (χ0n) is 10.3. The molecule has 0 aliphatic heterocycles. The van der Waals surface area contributed by atoms with E-state index in [1.807, 2.05) is 13.0 Å². The first kappa shape index (κ1) is 13.5. The minimum Gasteiger partial charge on any atom is -0.370 e. The Morgan fingerprint density at radius 3 is 2.50 bits per heavy atom. The smallest absolute Gasteiger partial charge is 0.223 e. The van der Waals surface area contributed by atoms with Gasteiger partial charge < -0.3 is 22.5 Å². The summed E-state index contributed by atoms with van der Waals surface area (Å²) in [6.45, 7) is 3.31. The molecule has 0 saturated heterocycles. The topological polar surface area (TPSA) is 132 Å². The highest BCUT2D eigenvalue weighted by Crippen LogP contribution is 2.26. The quantitative estimate of drug-likeness (QED) is 0.438. The molecule has 7 nitrogen and oxygen atoms in total. The van der Waals surface area contributed by atoms with E-state index in [2.05, 4.69) is 15.3 Å². The number of carbonyl (C=O) groups is 1. The molecule has 0 saturated carbocycles. The number of aliphatic imine (C=N–C) groups is 2. The number of guanidine groups is 2. The molecule has 7 heteroatoms. The molecule has 18 heavy (non-hydrogen) atoms. The maximum Gasteiger partial charge on any atom is 0.223 e. The third-order valence-electron chi connectivity index (χ3n) is 1.94. The monoisotopic (exact) mass is 248 g/mol. The lowest BCUT2D eigenvalue weighted by Gasteiger charge is -2.07. The van der Waals surface area contributed by atoms with Crippen molar-refractivity contribution in [3.05, 3.63) is 23.8 Å². The van der Waals surface area contributed by atoms with E-state index in [-0.39, 0.29) is 17.8 Å². The van der Waals surface area contributed by atoms with Crippen LogP contribution in [0.3, 0.4) is 0 Å². The molecule has 0 aromatic heterocycles. The van der Waals surface area contributed by atoms with E-state index >= 15 is 0 Å². The Hall–Kier alpha value is -2.57. The number of nitrogens with zero attached hydrogens (tertiary/aromatic N) is 2. The first-order valence-corrected chi connectivity index (χ1v) is 5.20. The Kier molecular flexibility index (Phi) is 4.25. The van der Waals surface area contributed by atoms with E-state index < -0.39 is 0 Å². The first-order chi connectivity index (χ1) is 8.38. The Morgan fingerprint density at radius 2 is 1.94 bits per heavy atom. The number of anilines is 1. The number of hydrogen-bond donors (Lipinski definition) is 4. The van der Waals surface area contributed by atoms with Crippen LogP contribution in [-0.2, 0) is 4.79 Å². The van der Waals surface area contributed by atoms with Crippen molar-refractivity contribution >= 4 is 29.2 Å². The molecule has 1 aromatic carbocycles. The number of amides is 1. The van der Waals surface area contributed by atoms with Crippen molar-refractivity contribution in [2.75, 3.05) is 5.32 Å². The van der Waals surface area contributed by atoms with Crippen molar-refractivity contribution in [1.82, 2.24) is 0 Å². The summed E-state index contributed by atoms with van der Waals surface area (Å²) < 4.78 is 0. The van der Waals surface area contributed by atoms with Gasteiger partial charge in [-0.25, -0.2) is 4.99 Å². The average Bonchev–Trinajstić information content (AvgIpc) is 2.20. The molecule has 96 valence electrons. The van der Waals surface area contributed by atoms with E-state index in [0.29, 0.717) is 11.4 Å². The largest absolute Gasteiger partial charge is 0.370 e. The lowest BCUT2D eigenvalue weighted by Crippen LogP contribution is -2.26. The van der Waals surface area contributed by atoms with Gasteiger partial charge in [-0.15, -0.1) is 0 Å². The molecule has 0 unspecified atom stereocenters. The minimum atomic E-state index is -0.197. The molecule has 0 spiro atoms. The summed E-state index contributed by atoms with van der Waals surface area (Å²) in [5, 5.41) is 2.66. The van der Waals surface area contributed by atoms with E-state index in [9.17, 15) is 4.79 Å². The fourth-order valence-electron chi connectivity index (χ4n) is 1.32. The van der Waals surface area contributed by atoms with E-state index in [0.717, 1.165) is 5.56 Å². The maximum absolute atomic E-state index is 11.1. The van der Waals surface area contributed by atoms with Crippen LogP contribution in [-0.4, -0.2) is 17.8 Å². The van der Waals surface area contributed by atoms with Gasteiger partial charge in [-0.05, 0) is 24.6 Å². The molecule has 0 aliphatic carbocycles. The Balaban J connectivity index is 3.15. The Bertz CT molecular complexity index is 516. The summed E-state index contributed by atoms with van der Waals surface area (Å²) in [5.41, 5.74) is 17.9. The third kappa shape index (κ3) is 4.12. The van der Waals surface area contributed by atoms with E-state index in [1.165, 1.54) is 6.92 Å². The zero-order chi connectivity index (χ0) is 13.7. The summed E-state index contributed by atoms with van der Waals surface area (Å²) in [4.78, 5) is 18.7. The van der Waals surface area contributed by atoms with Gasteiger partial charge in [-0.1, -0.05) is 6.07 Å². The fourth-order valence-corrected chi connectivity index (χ4v) is 1.32. The highest BCUT2D eigenvalue weighted by atomic mass is 16.1. The van der Waals surface area contributed by atoms with Gasteiger partial charge in [0.1, 0.15) is 0 Å². The second kappa shape index (κ2) is 5.67. The Labute approximate surface area is 105 Å². The zero-order valence-corrected chi connectivity index (χ0v) is 10.3.